The van der Waals surface area contributed by atoms with E-state index in [1.807, 2.05) is 50.1 Å². The van der Waals surface area contributed by atoms with Crippen LogP contribution in [-0.4, -0.2) is 34.7 Å². The molecule has 0 bridgehead atoms. The van der Waals surface area contributed by atoms with Gasteiger partial charge < -0.3 is 14.0 Å². The Hall–Kier alpha value is -1.55. The largest absolute Gasteiger partial charge is 0.342 e. The molecule has 0 saturated carbocycles. The Labute approximate surface area is 101 Å². The van der Waals surface area contributed by atoms with Crippen LogP contribution < -0.4 is 5.56 Å². The van der Waals surface area contributed by atoms with Crippen molar-refractivity contribution in [3.8, 4) is 0 Å². The summed E-state index contributed by atoms with van der Waals surface area (Å²) >= 11 is 0. The summed E-state index contributed by atoms with van der Waals surface area (Å²) in [6.07, 6.45) is 3.86. The van der Waals surface area contributed by atoms with E-state index in [0.29, 0.717) is 6.54 Å². The van der Waals surface area contributed by atoms with Crippen molar-refractivity contribution in [2.75, 3.05) is 20.6 Å². The molecular formula is C13H19N3O. The number of nitrogens with zero attached hydrogens (tertiary/aromatic N) is 3. The van der Waals surface area contributed by atoms with Crippen molar-refractivity contribution >= 4 is 10.9 Å². The maximum Gasteiger partial charge on any atom is 0.275 e. The molecule has 4 nitrogen and oxygen atoms in total. The third kappa shape index (κ3) is 2.26. The van der Waals surface area contributed by atoms with Crippen LogP contribution in [0.15, 0.2) is 29.3 Å². The fourth-order valence-corrected chi connectivity index (χ4v) is 1.99. The Kier molecular flexibility index (Phi) is 3.33. The van der Waals surface area contributed by atoms with Gasteiger partial charge in [-0.2, -0.15) is 0 Å². The van der Waals surface area contributed by atoms with Crippen molar-refractivity contribution < 1.29 is 0 Å². The summed E-state index contributed by atoms with van der Waals surface area (Å²) in [6.45, 7) is 4.48. The predicted octanol–water partition coefficient (Wildman–Crippen LogP) is 1.38. The zero-order valence-corrected chi connectivity index (χ0v) is 10.7. The van der Waals surface area contributed by atoms with Gasteiger partial charge in [0.2, 0.25) is 0 Å². The molecule has 0 amide bonds. The summed E-state index contributed by atoms with van der Waals surface area (Å²) in [6, 6.07) is 4.01. The third-order valence-electron chi connectivity index (χ3n) is 3.02. The van der Waals surface area contributed by atoms with Crippen LogP contribution in [0.4, 0.5) is 0 Å². The molecule has 0 aromatic carbocycles. The SMILES string of the molecule is CCn1ccc2ccn(CCN(C)C)c2c1=O. The molecular weight excluding hydrogens is 214 g/mol. The van der Waals surface area contributed by atoms with E-state index in [9.17, 15) is 4.79 Å². The van der Waals surface area contributed by atoms with Gasteiger partial charge in [-0.05, 0) is 33.2 Å². The summed E-state index contributed by atoms with van der Waals surface area (Å²) in [5.74, 6) is 0. The molecule has 4 heteroatoms. The highest BCUT2D eigenvalue weighted by Gasteiger charge is 2.07. The van der Waals surface area contributed by atoms with Crippen molar-refractivity contribution in [2.24, 2.45) is 0 Å². The Bertz CT molecular complexity index is 566. The number of hydrogen-bond donors (Lipinski definition) is 0. The van der Waals surface area contributed by atoms with Gasteiger partial charge in [0.25, 0.3) is 5.56 Å². The number of hydrogen-bond acceptors (Lipinski definition) is 2. The van der Waals surface area contributed by atoms with E-state index in [1.165, 1.54) is 0 Å². The minimum Gasteiger partial charge on any atom is -0.342 e. The van der Waals surface area contributed by atoms with E-state index in [-0.39, 0.29) is 5.56 Å². The first-order valence-electron chi connectivity index (χ1n) is 5.96. The lowest BCUT2D eigenvalue weighted by Gasteiger charge is -2.11. The molecule has 0 atom stereocenters. The summed E-state index contributed by atoms with van der Waals surface area (Å²) < 4.78 is 3.79. The summed E-state index contributed by atoms with van der Waals surface area (Å²) in [7, 11) is 4.08. The van der Waals surface area contributed by atoms with Crippen molar-refractivity contribution in [1.29, 1.82) is 0 Å². The molecule has 2 aromatic heterocycles. The van der Waals surface area contributed by atoms with Crippen LogP contribution in [0.2, 0.25) is 0 Å². The van der Waals surface area contributed by atoms with Crippen LogP contribution in [0.25, 0.3) is 10.9 Å². The molecule has 0 N–H and O–H groups in total. The number of likely N-dealkylation sites (N-methyl/N-ethyl adjacent to an activating group) is 1. The van der Waals surface area contributed by atoms with E-state index in [2.05, 4.69) is 4.90 Å². The van der Waals surface area contributed by atoms with Crippen LogP contribution in [0.3, 0.4) is 0 Å². The molecule has 0 saturated heterocycles. The lowest BCUT2D eigenvalue weighted by Crippen LogP contribution is -2.23. The molecule has 0 aliphatic carbocycles. The first-order chi connectivity index (χ1) is 8.13. The Morgan fingerprint density at radius 2 is 1.82 bits per heavy atom. The van der Waals surface area contributed by atoms with Gasteiger partial charge in [0.1, 0.15) is 5.52 Å². The highest BCUT2D eigenvalue weighted by molar-refractivity contribution is 5.78. The van der Waals surface area contributed by atoms with Crippen molar-refractivity contribution in [1.82, 2.24) is 14.0 Å². The normalized spacial score (nSPS) is 11.5. The fraction of sp³-hybridized carbons (Fsp3) is 0.462. The lowest BCUT2D eigenvalue weighted by atomic mass is 10.3. The topological polar surface area (TPSA) is 30.2 Å². The quantitative estimate of drug-likeness (QED) is 0.798. The second-order valence-corrected chi connectivity index (χ2v) is 4.52. The molecule has 0 aliphatic rings. The molecule has 2 aromatic rings. The molecule has 0 radical (unpaired) electrons. The molecule has 17 heavy (non-hydrogen) atoms. The van der Waals surface area contributed by atoms with E-state index >= 15 is 0 Å². The fourth-order valence-electron chi connectivity index (χ4n) is 1.99. The highest BCUT2D eigenvalue weighted by Crippen LogP contribution is 2.11. The maximum atomic E-state index is 12.2. The number of aromatic nitrogens is 2. The second kappa shape index (κ2) is 4.75. The monoisotopic (exact) mass is 233 g/mol. The molecule has 2 rings (SSSR count). The van der Waals surface area contributed by atoms with Gasteiger partial charge >= 0.3 is 0 Å². The van der Waals surface area contributed by atoms with Gasteiger partial charge in [0, 0.05) is 37.4 Å². The maximum absolute atomic E-state index is 12.2. The summed E-state index contributed by atoms with van der Waals surface area (Å²) in [5, 5.41) is 1.03. The van der Waals surface area contributed by atoms with Crippen LogP contribution in [0.5, 0.6) is 0 Å². The van der Waals surface area contributed by atoms with E-state index in [0.717, 1.165) is 24.0 Å². The molecule has 92 valence electrons. The number of pyridine rings is 1. The second-order valence-electron chi connectivity index (χ2n) is 4.52. The summed E-state index contributed by atoms with van der Waals surface area (Å²) in [5.41, 5.74) is 0.921. The van der Waals surface area contributed by atoms with Crippen LogP contribution >= 0.6 is 0 Å². The van der Waals surface area contributed by atoms with E-state index in [4.69, 9.17) is 0 Å². The Morgan fingerprint density at radius 3 is 2.41 bits per heavy atom. The number of fused-ring (bicyclic) bond motifs is 1. The van der Waals surface area contributed by atoms with Crippen molar-refractivity contribution in [3.05, 3.63) is 34.9 Å². The average molecular weight is 233 g/mol. The van der Waals surface area contributed by atoms with Gasteiger partial charge in [0.05, 0.1) is 0 Å². The van der Waals surface area contributed by atoms with Gasteiger partial charge in [-0.3, -0.25) is 4.79 Å². The standard InChI is InChI=1S/C13H19N3O/c1-4-15-7-5-11-6-8-16(10-9-14(2)3)12(11)13(15)17/h5-8H,4,9-10H2,1-3H3. The van der Waals surface area contributed by atoms with Gasteiger partial charge in [-0.25, -0.2) is 0 Å². The van der Waals surface area contributed by atoms with Gasteiger partial charge in [-0.15, -0.1) is 0 Å². The van der Waals surface area contributed by atoms with Crippen LogP contribution in [0, 0.1) is 0 Å². The Balaban J connectivity index is 2.47. The van der Waals surface area contributed by atoms with Gasteiger partial charge in [0.15, 0.2) is 0 Å². The molecule has 2 heterocycles. The average Bonchev–Trinajstić information content (AvgIpc) is 2.71. The van der Waals surface area contributed by atoms with Crippen molar-refractivity contribution in [2.45, 2.75) is 20.0 Å². The zero-order valence-electron chi connectivity index (χ0n) is 10.7. The minimum absolute atomic E-state index is 0.105. The van der Waals surface area contributed by atoms with Crippen LogP contribution in [-0.2, 0) is 13.1 Å². The predicted molar refractivity (Wildman–Crippen MR) is 70.4 cm³/mol. The first-order valence-corrected chi connectivity index (χ1v) is 5.96. The highest BCUT2D eigenvalue weighted by atomic mass is 16.1. The smallest absolute Gasteiger partial charge is 0.275 e. The van der Waals surface area contributed by atoms with E-state index < -0.39 is 0 Å². The third-order valence-corrected chi connectivity index (χ3v) is 3.02. The minimum atomic E-state index is 0.105. The molecule has 0 unspecified atom stereocenters. The molecule has 0 aliphatic heterocycles. The number of aryl methyl sites for hydroxylation is 1. The van der Waals surface area contributed by atoms with E-state index in [1.54, 1.807) is 4.57 Å². The lowest BCUT2D eigenvalue weighted by molar-refractivity contribution is 0.386. The zero-order chi connectivity index (χ0) is 12.4. The first kappa shape index (κ1) is 11.9. The molecule has 0 spiro atoms. The van der Waals surface area contributed by atoms with Crippen LogP contribution in [0.1, 0.15) is 6.92 Å². The number of rotatable bonds is 4. The Morgan fingerprint density at radius 1 is 1.18 bits per heavy atom. The summed E-state index contributed by atoms with van der Waals surface area (Å²) in [4.78, 5) is 14.3. The molecule has 0 fully saturated rings. The van der Waals surface area contributed by atoms with Gasteiger partial charge in [-0.1, -0.05) is 0 Å². The van der Waals surface area contributed by atoms with Crippen molar-refractivity contribution in [3.63, 3.8) is 0 Å².